The number of carbonyl (C=O) groups is 1. The number of hydrogen-bond acceptors (Lipinski definition) is 4. The lowest BCUT2D eigenvalue weighted by Crippen LogP contribution is -2.18. The molecule has 0 radical (unpaired) electrons. The van der Waals surface area contributed by atoms with Gasteiger partial charge in [-0.05, 0) is 30.2 Å². The van der Waals surface area contributed by atoms with Gasteiger partial charge in [-0.1, -0.05) is 48.0 Å². The van der Waals surface area contributed by atoms with E-state index in [0.29, 0.717) is 11.6 Å². The fourth-order valence-electron chi connectivity index (χ4n) is 3.15. The maximum absolute atomic E-state index is 11.8. The van der Waals surface area contributed by atoms with Crippen molar-refractivity contribution in [2.24, 2.45) is 10.9 Å². The monoisotopic (exact) mass is 393 g/mol. The zero-order valence-electron chi connectivity index (χ0n) is 15.4. The van der Waals surface area contributed by atoms with Gasteiger partial charge in [-0.3, -0.25) is 9.79 Å². The Morgan fingerprint density at radius 3 is 2.75 bits per heavy atom. The molecule has 28 heavy (non-hydrogen) atoms. The Balaban J connectivity index is 1.94. The van der Waals surface area contributed by atoms with E-state index in [1.807, 2.05) is 60.8 Å². The summed E-state index contributed by atoms with van der Waals surface area (Å²) in [5.41, 5.74) is 3.03. The van der Waals surface area contributed by atoms with E-state index in [9.17, 15) is 10.1 Å². The number of carbonyl (C=O) groups excluding carboxylic acids is 1. The third kappa shape index (κ3) is 4.24. The first-order valence-corrected chi connectivity index (χ1v) is 9.40. The number of nitrogens with zero attached hydrogens (tertiary/aromatic N) is 2. The zero-order chi connectivity index (χ0) is 19.9. The molecule has 0 aliphatic rings. The number of H-pyrrole nitrogens is 1. The molecule has 1 N–H and O–H groups in total. The normalized spacial score (nSPS) is 13.3. The van der Waals surface area contributed by atoms with E-state index < -0.39 is 11.9 Å². The Hall–Kier alpha value is -3.10. The largest absolute Gasteiger partial charge is 0.465 e. The van der Waals surface area contributed by atoms with Crippen LogP contribution in [0.1, 0.15) is 24.0 Å². The highest BCUT2D eigenvalue weighted by Crippen LogP contribution is 2.34. The number of fused-ring (bicyclic) bond motifs is 1. The number of aromatic amines is 1. The van der Waals surface area contributed by atoms with Crippen LogP contribution >= 0.6 is 11.6 Å². The highest BCUT2D eigenvalue weighted by Gasteiger charge is 2.21. The first-order valence-electron chi connectivity index (χ1n) is 9.02. The van der Waals surface area contributed by atoms with E-state index >= 15 is 0 Å². The fourth-order valence-corrected chi connectivity index (χ4v) is 3.42. The van der Waals surface area contributed by atoms with Crippen molar-refractivity contribution in [1.82, 2.24) is 4.98 Å². The quantitative estimate of drug-likeness (QED) is 0.465. The molecule has 6 heteroatoms. The molecular formula is C22H20ClN3O2. The van der Waals surface area contributed by atoms with Crippen LogP contribution in [0.4, 0.5) is 0 Å². The van der Waals surface area contributed by atoms with Crippen LogP contribution in [-0.2, 0) is 9.53 Å². The fraction of sp³-hybridized carbons (Fsp3) is 0.227. The molecule has 1 heterocycles. The molecule has 0 fully saturated rings. The average molecular weight is 394 g/mol. The van der Waals surface area contributed by atoms with Crippen molar-refractivity contribution in [1.29, 1.82) is 5.26 Å². The van der Waals surface area contributed by atoms with Gasteiger partial charge in [0.05, 0.1) is 12.7 Å². The number of hydrogen-bond donors (Lipinski definition) is 1. The van der Waals surface area contributed by atoms with Crippen LogP contribution < -0.4 is 0 Å². The Morgan fingerprint density at radius 2 is 2.00 bits per heavy atom. The zero-order valence-corrected chi connectivity index (χ0v) is 16.2. The molecule has 0 bridgehead atoms. The Kier molecular flexibility index (Phi) is 6.46. The van der Waals surface area contributed by atoms with Crippen molar-refractivity contribution in [2.45, 2.75) is 12.8 Å². The van der Waals surface area contributed by atoms with Crippen LogP contribution in [0.3, 0.4) is 0 Å². The lowest BCUT2D eigenvalue weighted by molar-refractivity contribution is -0.143. The first kappa shape index (κ1) is 19.7. The molecule has 2 atom stereocenters. The van der Waals surface area contributed by atoms with Gasteiger partial charge in [-0.2, -0.15) is 5.26 Å². The number of nitrogens with one attached hydrogen (secondary N) is 1. The van der Waals surface area contributed by atoms with Crippen molar-refractivity contribution in [3.8, 4) is 6.07 Å². The van der Waals surface area contributed by atoms with Gasteiger partial charge in [-0.15, -0.1) is 0 Å². The minimum atomic E-state index is -1.02. The summed E-state index contributed by atoms with van der Waals surface area (Å²) in [4.78, 5) is 19.5. The van der Waals surface area contributed by atoms with E-state index in [0.717, 1.165) is 22.0 Å². The summed E-state index contributed by atoms with van der Waals surface area (Å²) in [5.74, 6) is -1.73. The number of benzene rings is 2. The number of ether oxygens (including phenoxy) is 1. The summed E-state index contributed by atoms with van der Waals surface area (Å²) < 4.78 is 4.91. The maximum Gasteiger partial charge on any atom is 0.328 e. The number of para-hydroxylation sites is 1. The molecular weight excluding hydrogens is 374 g/mol. The number of aromatic nitrogens is 1. The molecule has 142 valence electrons. The van der Waals surface area contributed by atoms with Crippen molar-refractivity contribution >= 4 is 34.7 Å². The van der Waals surface area contributed by atoms with Gasteiger partial charge in [0.1, 0.15) is 0 Å². The Bertz CT molecular complexity index is 1040. The number of halogens is 1. The average Bonchev–Trinajstić information content (AvgIpc) is 3.13. The highest BCUT2D eigenvalue weighted by atomic mass is 35.5. The van der Waals surface area contributed by atoms with Crippen LogP contribution in [0.25, 0.3) is 10.9 Å². The topological polar surface area (TPSA) is 78.2 Å². The molecule has 0 saturated heterocycles. The second-order valence-electron chi connectivity index (χ2n) is 6.24. The molecule has 2 aromatic carbocycles. The van der Waals surface area contributed by atoms with Crippen LogP contribution in [-0.4, -0.2) is 30.3 Å². The van der Waals surface area contributed by atoms with E-state index in [-0.39, 0.29) is 12.5 Å². The summed E-state index contributed by atoms with van der Waals surface area (Å²) in [6.07, 6.45) is 3.32. The van der Waals surface area contributed by atoms with E-state index in [1.165, 1.54) is 6.21 Å². The van der Waals surface area contributed by atoms with Crippen molar-refractivity contribution in [2.75, 3.05) is 13.2 Å². The van der Waals surface area contributed by atoms with Crippen LogP contribution in [0, 0.1) is 17.2 Å². The standard InChI is InChI=1S/C22H20ClN3O2/c1-2-28-22(27)15(11-24)12-25-13-18(16-7-3-5-9-20(16)23)19-14-26-21-10-6-4-8-17(19)21/h3-10,12,14-15,18,26H,2,13H2,1H3/t15-,18-/m1/s1. The minimum Gasteiger partial charge on any atom is -0.465 e. The number of aliphatic imine (C=N–C) groups is 1. The molecule has 0 unspecified atom stereocenters. The predicted octanol–water partition coefficient (Wildman–Crippen LogP) is 4.73. The van der Waals surface area contributed by atoms with Crippen molar-refractivity contribution in [3.63, 3.8) is 0 Å². The summed E-state index contributed by atoms with van der Waals surface area (Å²) in [6, 6.07) is 17.6. The van der Waals surface area contributed by atoms with Gasteiger partial charge in [0.2, 0.25) is 0 Å². The number of nitriles is 1. The smallest absolute Gasteiger partial charge is 0.328 e. The predicted molar refractivity (Wildman–Crippen MR) is 111 cm³/mol. The minimum absolute atomic E-state index is 0.123. The molecule has 0 spiro atoms. The van der Waals surface area contributed by atoms with E-state index in [2.05, 4.69) is 9.98 Å². The third-order valence-electron chi connectivity index (χ3n) is 4.50. The Morgan fingerprint density at radius 1 is 1.25 bits per heavy atom. The van der Waals surface area contributed by atoms with Crippen LogP contribution in [0.2, 0.25) is 5.02 Å². The summed E-state index contributed by atoms with van der Waals surface area (Å²) in [6.45, 7) is 2.28. The summed E-state index contributed by atoms with van der Waals surface area (Å²) >= 11 is 6.46. The molecule has 3 aromatic rings. The summed E-state index contributed by atoms with van der Waals surface area (Å²) in [7, 11) is 0. The van der Waals surface area contributed by atoms with Gasteiger partial charge in [0.15, 0.2) is 5.92 Å². The van der Waals surface area contributed by atoms with Crippen molar-refractivity contribution < 1.29 is 9.53 Å². The molecule has 0 aliphatic heterocycles. The third-order valence-corrected chi connectivity index (χ3v) is 4.84. The molecule has 0 aliphatic carbocycles. The van der Waals surface area contributed by atoms with Gasteiger partial charge in [0.25, 0.3) is 0 Å². The maximum atomic E-state index is 11.8. The van der Waals surface area contributed by atoms with Gasteiger partial charge in [0, 0.05) is 40.8 Å². The van der Waals surface area contributed by atoms with Gasteiger partial charge < -0.3 is 9.72 Å². The van der Waals surface area contributed by atoms with E-state index in [4.69, 9.17) is 16.3 Å². The lowest BCUT2D eigenvalue weighted by Gasteiger charge is -2.17. The Labute approximate surface area is 168 Å². The number of rotatable bonds is 7. The van der Waals surface area contributed by atoms with Crippen LogP contribution in [0.15, 0.2) is 59.7 Å². The second-order valence-corrected chi connectivity index (χ2v) is 6.64. The summed E-state index contributed by atoms with van der Waals surface area (Å²) in [5, 5.41) is 10.9. The van der Waals surface area contributed by atoms with Crippen LogP contribution in [0.5, 0.6) is 0 Å². The van der Waals surface area contributed by atoms with Crippen molar-refractivity contribution in [3.05, 3.63) is 70.9 Å². The number of esters is 1. The van der Waals surface area contributed by atoms with Gasteiger partial charge >= 0.3 is 5.97 Å². The molecule has 0 saturated carbocycles. The van der Waals surface area contributed by atoms with E-state index in [1.54, 1.807) is 6.92 Å². The molecule has 3 rings (SSSR count). The van der Waals surface area contributed by atoms with Gasteiger partial charge in [-0.25, -0.2) is 0 Å². The SMILES string of the molecule is CCOC(=O)[C@H](C#N)C=NC[C@H](c1ccccc1Cl)c1c[nH]c2ccccc12. The lowest BCUT2D eigenvalue weighted by atomic mass is 9.91. The highest BCUT2D eigenvalue weighted by molar-refractivity contribution is 6.31. The second kappa shape index (κ2) is 9.20. The molecule has 1 aromatic heterocycles. The first-order chi connectivity index (χ1) is 13.7. The molecule has 0 amide bonds. The molecule has 5 nitrogen and oxygen atoms in total.